The van der Waals surface area contributed by atoms with Crippen molar-refractivity contribution < 1.29 is 4.74 Å². The van der Waals surface area contributed by atoms with Crippen molar-refractivity contribution in [2.75, 3.05) is 18.9 Å². The number of benzene rings is 1. The first-order valence-corrected chi connectivity index (χ1v) is 4.66. The van der Waals surface area contributed by atoms with E-state index >= 15 is 0 Å². The van der Waals surface area contributed by atoms with Crippen LogP contribution in [0, 0.1) is 0 Å². The third kappa shape index (κ3) is 1.01. The van der Waals surface area contributed by atoms with Gasteiger partial charge in [-0.1, -0.05) is 0 Å². The Kier molecular flexibility index (Phi) is 1.52. The van der Waals surface area contributed by atoms with E-state index in [9.17, 15) is 0 Å². The smallest absolute Gasteiger partial charge is 0.0925 e. The number of fused-ring (bicyclic) bond motifs is 1. The fraction of sp³-hybridized carbons (Fsp3) is 0.300. The molecule has 3 rings (SSSR count). The first kappa shape index (κ1) is 7.82. The predicted molar refractivity (Wildman–Crippen MR) is 54.1 cm³/mol. The van der Waals surface area contributed by atoms with Crippen LogP contribution in [0.25, 0.3) is 10.9 Å². The molecule has 2 heterocycles. The van der Waals surface area contributed by atoms with Gasteiger partial charge < -0.3 is 10.5 Å². The molecular weight excluding hydrogens is 178 g/mol. The van der Waals surface area contributed by atoms with Gasteiger partial charge in [-0.2, -0.15) is 5.10 Å². The molecule has 1 aliphatic heterocycles. The normalized spacial score (nSPS) is 17.1. The number of H-pyrrole nitrogens is 1. The number of ether oxygens (including phenoxy) is 1. The lowest BCUT2D eigenvalue weighted by Crippen LogP contribution is -2.25. The summed E-state index contributed by atoms with van der Waals surface area (Å²) in [5.41, 5.74) is 8.64. The highest BCUT2D eigenvalue weighted by molar-refractivity contribution is 5.84. The highest BCUT2D eigenvalue weighted by Gasteiger charge is 2.24. The van der Waals surface area contributed by atoms with E-state index in [0.29, 0.717) is 5.92 Å². The molecule has 3 N–H and O–H groups in total. The fourth-order valence-electron chi connectivity index (χ4n) is 1.76. The van der Waals surface area contributed by atoms with Crippen LogP contribution in [0.3, 0.4) is 0 Å². The van der Waals surface area contributed by atoms with E-state index in [0.717, 1.165) is 35.5 Å². The van der Waals surface area contributed by atoms with Gasteiger partial charge in [0.05, 0.1) is 24.4 Å². The van der Waals surface area contributed by atoms with E-state index < -0.39 is 0 Å². The molecule has 14 heavy (non-hydrogen) atoms. The minimum Gasteiger partial charge on any atom is -0.399 e. The van der Waals surface area contributed by atoms with Crippen LogP contribution in [0.2, 0.25) is 0 Å². The van der Waals surface area contributed by atoms with E-state index in [-0.39, 0.29) is 0 Å². The second-order valence-electron chi connectivity index (χ2n) is 3.65. The van der Waals surface area contributed by atoms with Gasteiger partial charge in [-0.15, -0.1) is 0 Å². The maximum atomic E-state index is 5.74. The summed E-state index contributed by atoms with van der Waals surface area (Å²) in [5, 5.41) is 8.41. The lowest BCUT2D eigenvalue weighted by molar-refractivity contribution is 0.00725. The van der Waals surface area contributed by atoms with Crippen molar-refractivity contribution in [2.45, 2.75) is 5.92 Å². The zero-order chi connectivity index (χ0) is 9.54. The molecule has 0 amide bonds. The van der Waals surface area contributed by atoms with Gasteiger partial charge in [-0.3, -0.25) is 5.10 Å². The number of rotatable bonds is 1. The number of nitrogens with one attached hydrogen (secondary N) is 1. The molecule has 1 fully saturated rings. The Morgan fingerprint density at radius 1 is 1.43 bits per heavy atom. The van der Waals surface area contributed by atoms with Crippen molar-refractivity contribution >= 4 is 16.6 Å². The van der Waals surface area contributed by atoms with Crippen LogP contribution in [0.4, 0.5) is 5.69 Å². The molecule has 0 aliphatic carbocycles. The largest absolute Gasteiger partial charge is 0.399 e. The summed E-state index contributed by atoms with van der Waals surface area (Å²) in [5.74, 6) is 0.460. The van der Waals surface area contributed by atoms with Gasteiger partial charge in [0.2, 0.25) is 0 Å². The quantitative estimate of drug-likeness (QED) is 0.664. The number of hydrogen-bond donors (Lipinski definition) is 2. The maximum Gasteiger partial charge on any atom is 0.0925 e. The Labute approximate surface area is 81.1 Å². The zero-order valence-electron chi connectivity index (χ0n) is 7.66. The van der Waals surface area contributed by atoms with Crippen LogP contribution >= 0.6 is 0 Å². The SMILES string of the molecule is Nc1ccc2n[nH]c(C3COC3)c2c1. The Morgan fingerprint density at radius 2 is 2.29 bits per heavy atom. The molecule has 0 atom stereocenters. The van der Waals surface area contributed by atoms with Crippen molar-refractivity contribution in [3.63, 3.8) is 0 Å². The first-order chi connectivity index (χ1) is 6.84. The summed E-state index contributed by atoms with van der Waals surface area (Å²) in [4.78, 5) is 0. The summed E-state index contributed by atoms with van der Waals surface area (Å²) in [6.45, 7) is 1.57. The van der Waals surface area contributed by atoms with Gasteiger partial charge in [0.15, 0.2) is 0 Å². The van der Waals surface area contributed by atoms with Gasteiger partial charge in [-0.05, 0) is 18.2 Å². The molecule has 1 aliphatic rings. The summed E-state index contributed by atoms with van der Waals surface area (Å²) in [6, 6.07) is 5.76. The second kappa shape index (κ2) is 2.72. The molecule has 1 aromatic carbocycles. The molecule has 0 saturated carbocycles. The van der Waals surface area contributed by atoms with Crippen LogP contribution in [-0.2, 0) is 4.74 Å². The number of nitrogens with zero attached hydrogens (tertiary/aromatic N) is 1. The molecule has 0 radical (unpaired) electrons. The Balaban J connectivity index is 2.18. The summed E-state index contributed by atoms with van der Waals surface area (Å²) >= 11 is 0. The summed E-state index contributed by atoms with van der Waals surface area (Å²) < 4.78 is 5.16. The Hall–Kier alpha value is -1.55. The maximum absolute atomic E-state index is 5.74. The standard InChI is InChI=1S/C10H11N3O/c11-7-1-2-9-8(3-7)10(13-12-9)6-4-14-5-6/h1-3,6H,4-5,11H2,(H,12,13). The highest BCUT2D eigenvalue weighted by Crippen LogP contribution is 2.29. The molecule has 0 spiro atoms. The summed E-state index contributed by atoms with van der Waals surface area (Å²) in [7, 11) is 0. The molecule has 1 aromatic heterocycles. The van der Waals surface area contributed by atoms with Gasteiger partial charge in [0, 0.05) is 17.0 Å². The molecule has 4 heteroatoms. The van der Waals surface area contributed by atoms with Crippen LogP contribution in [-0.4, -0.2) is 23.4 Å². The fourth-order valence-corrected chi connectivity index (χ4v) is 1.76. The summed E-state index contributed by atoms with van der Waals surface area (Å²) in [6.07, 6.45) is 0. The second-order valence-corrected chi connectivity index (χ2v) is 3.65. The van der Waals surface area contributed by atoms with Crippen molar-refractivity contribution in [3.05, 3.63) is 23.9 Å². The number of nitrogens with two attached hydrogens (primary N) is 1. The number of aromatic amines is 1. The van der Waals surface area contributed by atoms with Crippen molar-refractivity contribution in [1.29, 1.82) is 0 Å². The zero-order valence-corrected chi connectivity index (χ0v) is 7.66. The predicted octanol–water partition coefficient (Wildman–Crippen LogP) is 1.26. The third-order valence-corrected chi connectivity index (χ3v) is 2.65. The third-order valence-electron chi connectivity index (χ3n) is 2.65. The lowest BCUT2D eigenvalue weighted by atomic mass is 10.0. The average molecular weight is 189 g/mol. The van der Waals surface area contributed by atoms with Crippen LogP contribution in [0.1, 0.15) is 11.6 Å². The lowest BCUT2D eigenvalue weighted by Gasteiger charge is -2.24. The number of nitrogen functional groups attached to an aromatic ring is 1. The Morgan fingerprint density at radius 3 is 3.00 bits per heavy atom. The van der Waals surface area contributed by atoms with E-state index in [1.165, 1.54) is 0 Å². The first-order valence-electron chi connectivity index (χ1n) is 4.66. The average Bonchev–Trinajstić information content (AvgIpc) is 2.46. The van der Waals surface area contributed by atoms with Gasteiger partial charge in [0.1, 0.15) is 0 Å². The number of aromatic nitrogens is 2. The molecular formula is C10H11N3O. The monoisotopic (exact) mass is 189 g/mol. The van der Waals surface area contributed by atoms with Crippen LogP contribution in [0.5, 0.6) is 0 Å². The van der Waals surface area contributed by atoms with E-state index in [1.54, 1.807) is 0 Å². The van der Waals surface area contributed by atoms with Crippen LogP contribution in [0.15, 0.2) is 18.2 Å². The number of anilines is 1. The Bertz CT molecular complexity index is 473. The van der Waals surface area contributed by atoms with Gasteiger partial charge in [-0.25, -0.2) is 0 Å². The van der Waals surface area contributed by atoms with E-state index in [4.69, 9.17) is 10.5 Å². The van der Waals surface area contributed by atoms with Crippen molar-refractivity contribution in [3.8, 4) is 0 Å². The molecule has 2 aromatic rings. The topological polar surface area (TPSA) is 63.9 Å². The molecule has 1 saturated heterocycles. The molecule has 0 bridgehead atoms. The van der Waals surface area contributed by atoms with Gasteiger partial charge in [0.25, 0.3) is 0 Å². The van der Waals surface area contributed by atoms with Crippen LogP contribution < -0.4 is 5.73 Å². The molecule has 0 unspecified atom stereocenters. The van der Waals surface area contributed by atoms with Crippen molar-refractivity contribution in [2.24, 2.45) is 0 Å². The van der Waals surface area contributed by atoms with E-state index in [1.807, 2.05) is 18.2 Å². The van der Waals surface area contributed by atoms with Gasteiger partial charge >= 0.3 is 0 Å². The highest BCUT2D eigenvalue weighted by atomic mass is 16.5. The minimum absolute atomic E-state index is 0.460. The van der Waals surface area contributed by atoms with E-state index in [2.05, 4.69) is 10.2 Å². The molecule has 72 valence electrons. The van der Waals surface area contributed by atoms with Crippen molar-refractivity contribution in [1.82, 2.24) is 10.2 Å². The number of hydrogen-bond acceptors (Lipinski definition) is 3. The minimum atomic E-state index is 0.460. The molecule has 4 nitrogen and oxygen atoms in total.